The van der Waals surface area contributed by atoms with Crippen LogP contribution in [-0.4, -0.2) is 179 Å². The van der Waals surface area contributed by atoms with Gasteiger partial charge in [-0.3, -0.25) is 38.6 Å². The highest BCUT2D eigenvalue weighted by atomic mass is 16.2. The first kappa shape index (κ1) is 44.4. The lowest BCUT2D eigenvalue weighted by atomic mass is 10.1. The molecule has 1 aromatic carbocycles. The van der Waals surface area contributed by atoms with Crippen LogP contribution in [0.3, 0.4) is 0 Å². The Labute approximate surface area is 323 Å². The van der Waals surface area contributed by atoms with Gasteiger partial charge in [0, 0.05) is 159 Å². The molecule has 54 heavy (non-hydrogen) atoms. The molecular formula is C40H66N8O6. The van der Waals surface area contributed by atoms with E-state index in [9.17, 15) is 28.8 Å². The number of benzene rings is 1. The largest absolute Gasteiger partial charge is 0.342 e. The van der Waals surface area contributed by atoms with Crippen molar-refractivity contribution >= 4 is 35.4 Å². The summed E-state index contributed by atoms with van der Waals surface area (Å²) in [4.78, 5) is 90.1. The van der Waals surface area contributed by atoms with Crippen LogP contribution in [0.1, 0.15) is 78.4 Å². The van der Waals surface area contributed by atoms with Crippen molar-refractivity contribution < 1.29 is 28.8 Å². The summed E-state index contributed by atoms with van der Waals surface area (Å²) in [6.07, 6.45) is 2.92. The number of amides is 6. The predicted octanol–water partition coefficient (Wildman–Crippen LogP) is 1.97. The van der Waals surface area contributed by atoms with Crippen molar-refractivity contribution in [1.29, 1.82) is 0 Å². The van der Waals surface area contributed by atoms with Crippen LogP contribution in [-0.2, 0) is 41.9 Å². The fourth-order valence-corrected chi connectivity index (χ4v) is 7.25. The molecule has 0 aromatic heterocycles. The molecule has 0 N–H and O–H groups in total. The van der Waals surface area contributed by atoms with Gasteiger partial charge in [0.15, 0.2) is 0 Å². The molecule has 0 atom stereocenters. The molecular weight excluding hydrogens is 688 g/mol. The average molecular weight is 755 g/mol. The molecule has 0 unspecified atom stereocenters. The van der Waals surface area contributed by atoms with Crippen LogP contribution in [0.15, 0.2) is 24.3 Å². The van der Waals surface area contributed by atoms with Gasteiger partial charge in [0.1, 0.15) is 0 Å². The number of rotatable bonds is 4. The zero-order chi connectivity index (χ0) is 39.6. The van der Waals surface area contributed by atoms with Crippen LogP contribution >= 0.6 is 0 Å². The number of nitrogens with zero attached hydrogens (tertiary/aromatic N) is 8. The Hall–Kier alpha value is -4.04. The van der Waals surface area contributed by atoms with E-state index in [-0.39, 0.29) is 35.4 Å². The zero-order valence-corrected chi connectivity index (χ0v) is 33.9. The third-order valence-corrected chi connectivity index (χ3v) is 10.7. The molecule has 0 saturated carbocycles. The molecule has 2 heterocycles. The number of carbonyl (C=O) groups is 6. The Morgan fingerprint density at radius 1 is 0.333 bits per heavy atom. The van der Waals surface area contributed by atoms with Crippen molar-refractivity contribution in [3.8, 4) is 0 Å². The summed E-state index contributed by atoms with van der Waals surface area (Å²) >= 11 is 0. The first-order valence-corrected chi connectivity index (χ1v) is 19.8. The summed E-state index contributed by atoms with van der Waals surface area (Å²) in [5, 5.41) is 0. The van der Waals surface area contributed by atoms with Gasteiger partial charge in [-0.15, -0.1) is 0 Å². The summed E-state index contributed by atoms with van der Waals surface area (Å²) in [6, 6.07) is 8.63. The second-order valence-electron chi connectivity index (χ2n) is 14.8. The average Bonchev–Trinajstić information content (AvgIpc) is 3.10. The molecule has 1 aromatic rings. The molecule has 2 aliphatic heterocycles. The van der Waals surface area contributed by atoms with Gasteiger partial charge in [-0.25, -0.2) is 0 Å². The first-order valence-electron chi connectivity index (χ1n) is 19.8. The van der Waals surface area contributed by atoms with E-state index < -0.39 is 0 Å². The van der Waals surface area contributed by atoms with E-state index in [0.717, 1.165) is 37.1 Å². The standard InChI is InChI=1S/C40H66N8O6/c1-33(49)43-19-9-21-47(37(5)53)29-27-45(35(3)51)17-7-15-41(23-25-43)31-39-11-13-40(14-12-39)32-42-16-8-18-46(36(4)52)28-30-48(38(6)54)22-10-20-44(26-24-42)34(2)50/h11-14H,7-10,15-32H2,1-6H3. The van der Waals surface area contributed by atoms with E-state index in [1.165, 1.54) is 0 Å². The minimum Gasteiger partial charge on any atom is -0.342 e. The summed E-state index contributed by atoms with van der Waals surface area (Å²) in [5.74, 6) is 0.0138. The Morgan fingerprint density at radius 3 is 0.759 bits per heavy atom. The Kier molecular flexibility index (Phi) is 18.9. The van der Waals surface area contributed by atoms with Crippen molar-refractivity contribution in [2.24, 2.45) is 0 Å². The van der Waals surface area contributed by atoms with E-state index >= 15 is 0 Å². The second-order valence-corrected chi connectivity index (χ2v) is 14.8. The third kappa shape index (κ3) is 15.7. The van der Waals surface area contributed by atoms with Gasteiger partial charge >= 0.3 is 0 Å². The van der Waals surface area contributed by atoms with E-state index in [1.54, 1.807) is 51.3 Å². The lowest BCUT2D eigenvalue weighted by Gasteiger charge is -2.32. The normalized spacial score (nSPS) is 19.1. The molecule has 14 nitrogen and oxygen atoms in total. The molecule has 2 fully saturated rings. The van der Waals surface area contributed by atoms with Crippen LogP contribution in [0.4, 0.5) is 0 Å². The van der Waals surface area contributed by atoms with Crippen LogP contribution in [0.25, 0.3) is 0 Å². The smallest absolute Gasteiger partial charge is 0.219 e. The van der Waals surface area contributed by atoms with Gasteiger partial charge in [0.05, 0.1) is 0 Å². The SMILES string of the molecule is CC(=O)N1CCCN(C(C)=O)CCN(C(C)=O)CCCN(Cc2ccc(CN3CCCN(C(C)=O)CCN(C(C)=O)CCCN(C(C)=O)CC3)cc2)CC1. The van der Waals surface area contributed by atoms with Crippen LogP contribution < -0.4 is 0 Å². The van der Waals surface area contributed by atoms with Gasteiger partial charge < -0.3 is 29.4 Å². The van der Waals surface area contributed by atoms with E-state index in [4.69, 9.17) is 0 Å². The monoisotopic (exact) mass is 755 g/mol. The summed E-state index contributed by atoms with van der Waals surface area (Å²) in [7, 11) is 0. The van der Waals surface area contributed by atoms with Crippen molar-refractivity contribution in [3.05, 3.63) is 35.4 Å². The molecule has 2 saturated heterocycles. The number of hydrogen-bond acceptors (Lipinski definition) is 8. The fraction of sp³-hybridized carbons (Fsp3) is 0.700. The Morgan fingerprint density at radius 2 is 0.537 bits per heavy atom. The predicted molar refractivity (Wildman–Crippen MR) is 209 cm³/mol. The maximum atomic E-state index is 12.5. The molecule has 3 rings (SSSR count). The minimum atomic E-state index is -0.0220. The topological polar surface area (TPSA) is 128 Å². The summed E-state index contributed by atoms with van der Waals surface area (Å²) in [5.41, 5.74) is 2.32. The highest BCUT2D eigenvalue weighted by molar-refractivity contribution is 5.76. The van der Waals surface area contributed by atoms with Gasteiger partial charge in [-0.1, -0.05) is 24.3 Å². The molecule has 0 spiro atoms. The summed E-state index contributed by atoms with van der Waals surface area (Å²) in [6.45, 7) is 20.4. The lowest BCUT2D eigenvalue weighted by Crippen LogP contribution is -2.44. The van der Waals surface area contributed by atoms with Crippen LogP contribution in [0.5, 0.6) is 0 Å². The molecule has 0 aliphatic carbocycles. The van der Waals surface area contributed by atoms with E-state index in [1.807, 2.05) is 19.6 Å². The van der Waals surface area contributed by atoms with Gasteiger partial charge in [0.2, 0.25) is 35.4 Å². The molecule has 302 valence electrons. The van der Waals surface area contributed by atoms with Crippen molar-refractivity contribution in [2.45, 2.75) is 80.3 Å². The molecule has 0 bridgehead atoms. The summed E-state index contributed by atoms with van der Waals surface area (Å²) < 4.78 is 0. The molecule has 6 amide bonds. The maximum Gasteiger partial charge on any atom is 0.219 e. The number of hydrogen-bond donors (Lipinski definition) is 0. The van der Waals surface area contributed by atoms with E-state index in [0.29, 0.717) is 118 Å². The van der Waals surface area contributed by atoms with Crippen molar-refractivity contribution in [2.75, 3.05) is 105 Å². The van der Waals surface area contributed by atoms with Crippen molar-refractivity contribution in [1.82, 2.24) is 39.2 Å². The number of carbonyl (C=O) groups excluding carboxylic acids is 6. The first-order chi connectivity index (χ1) is 25.7. The fourth-order valence-electron chi connectivity index (χ4n) is 7.25. The quantitative estimate of drug-likeness (QED) is 0.457. The molecule has 0 radical (unpaired) electrons. The van der Waals surface area contributed by atoms with Gasteiger partial charge in [0.25, 0.3) is 0 Å². The van der Waals surface area contributed by atoms with Crippen LogP contribution in [0, 0.1) is 0 Å². The van der Waals surface area contributed by atoms with Crippen LogP contribution in [0.2, 0.25) is 0 Å². The van der Waals surface area contributed by atoms with Gasteiger partial charge in [-0.2, -0.15) is 0 Å². The Bertz CT molecular complexity index is 1290. The third-order valence-electron chi connectivity index (χ3n) is 10.7. The lowest BCUT2D eigenvalue weighted by molar-refractivity contribution is -0.133. The molecule has 2 aliphatic rings. The minimum absolute atomic E-state index is 0.00453. The molecule has 14 heteroatoms. The van der Waals surface area contributed by atoms with Crippen molar-refractivity contribution in [3.63, 3.8) is 0 Å². The maximum absolute atomic E-state index is 12.5. The Balaban J connectivity index is 1.70. The second kappa shape index (κ2) is 23.0. The highest BCUT2D eigenvalue weighted by Crippen LogP contribution is 2.13. The van der Waals surface area contributed by atoms with E-state index in [2.05, 4.69) is 34.1 Å². The highest BCUT2D eigenvalue weighted by Gasteiger charge is 2.20. The zero-order valence-electron chi connectivity index (χ0n) is 33.9. The van der Waals surface area contributed by atoms with Gasteiger partial charge in [-0.05, 0) is 36.8 Å².